The smallest absolute Gasteiger partial charge is 0.257 e. The van der Waals surface area contributed by atoms with Crippen molar-refractivity contribution in [2.75, 3.05) is 26.8 Å². The molecule has 0 atom stereocenters. The average molecular weight is 441 g/mol. The Balaban J connectivity index is 1.46. The van der Waals surface area contributed by atoms with Crippen LogP contribution in [0.1, 0.15) is 0 Å². The van der Waals surface area contributed by atoms with Crippen molar-refractivity contribution in [2.24, 2.45) is 0 Å². The lowest BCUT2D eigenvalue weighted by molar-refractivity contribution is -0.123. The number of nitrogens with one attached hydrogen (secondary N) is 2. The molecule has 7 nitrogen and oxygen atoms in total. The second kappa shape index (κ2) is 10.6. The van der Waals surface area contributed by atoms with Gasteiger partial charge in [0, 0.05) is 18.7 Å². The fourth-order valence-corrected chi connectivity index (χ4v) is 3.90. The topological polar surface area (TPSA) is 93.7 Å². The Labute approximate surface area is 182 Å². The van der Waals surface area contributed by atoms with E-state index in [9.17, 15) is 13.2 Å². The lowest BCUT2D eigenvalue weighted by atomic mass is 10.1. The van der Waals surface area contributed by atoms with E-state index in [4.69, 9.17) is 9.47 Å². The Morgan fingerprint density at radius 3 is 2.26 bits per heavy atom. The van der Waals surface area contributed by atoms with Crippen molar-refractivity contribution in [1.29, 1.82) is 0 Å². The van der Waals surface area contributed by atoms with E-state index in [0.717, 1.165) is 11.1 Å². The van der Waals surface area contributed by atoms with E-state index in [1.807, 2.05) is 48.5 Å². The number of benzene rings is 3. The van der Waals surface area contributed by atoms with Crippen LogP contribution in [-0.4, -0.2) is 41.1 Å². The van der Waals surface area contributed by atoms with E-state index in [0.29, 0.717) is 11.5 Å². The third-order valence-electron chi connectivity index (χ3n) is 4.44. The zero-order valence-electron chi connectivity index (χ0n) is 17.1. The van der Waals surface area contributed by atoms with Gasteiger partial charge in [-0.3, -0.25) is 4.79 Å². The molecule has 0 fully saturated rings. The molecule has 0 unspecified atom stereocenters. The summed E-state index contributed by atoms with van der Waals surface area (Å²) in [5.41, 5.74) is 1.88. The lowest BCUT2D eigenvalue weighted by Gasteiger charge is -2.12. The minimum absolute atomic E-state index is 0.0563. The van der Waals surface area contributed by atoms with E-state index in [-0.39, 0.29) is 30.5 Å². The molecular weight excluding hydrogens is 416 g/mol. The third kappa shape index (κ3) is 6.31. The number of sulfonamides is 1. The maximum absolute atomic E-state index is 12.3. The van der Waals surface area contributed by atoms with Crippen molar-refractivity contribution in [1.82, 2.24) is 10.0 Å². The van der Waals surface area contributed by atoms with Crippen LogP contribution in [0.2, 0.25) is 0 Å². The molecule has 162 valence electrons. The van der Waals surface area contributed by atoms with Crippen LogP contribution in [0.15, 0.2) is 83.8 Å². The van der Waals surface area contributed by atoms with E-state index < -0.39 is 10.0 Å². The van der Waals surface area contributed by atoms with E-state index in [1.54, 1.807) is 18.2 Å². The summed E-state index contributed by atoms with van der Waals surface area (Å²) in [6.45, 7) is 0.0215. The van der Waals surface area contributed by atoms with Crippen LogP contribution in [0.4, 0.5) is 0 Å². The Bertz CT molecular complexity index is 1100. The number of methoxy groups -OCH3 is 1. The van der Waals surface area contributed by atoms with Crippen molar-refractivity contribution >= 4 is 15.9 Å². The Hall–Kier alpha value is -3.36. The minimum atomic E-state index is -3.66. The normalized spacial score (nSPS) is 11.0. The van der Waals surface area contributed by atoms with Crippen molar-refractivity contribution in [3.05, 3.63) is 78.9 Å². The number of hydrogen-bond donors (Lipinski definition) is 2. The Morgan fingerprint density at radius 2 is 1.55 bits per heavy atom. The number of para-hydroxylation sites is 1. The standard InChI is InChI=1S/C23H24N2O5S/c1-29-19-11-13-20(14-12-19)31(27,28)25-16-15-24-23(26)17-30-22-10-6-5-9-21(22)18-7-3-2-4-8-18/h2-14,25H,15-17H2,1H3,(H,24,26). The van der Waals surface area contributed by atoms with Crippen LogP contribution in [0.25, 0.3) is 11.1 Å². The van der Waals surface area contributed by atoms with Crippen LogP contribution in [-0.2, 0) is 14.8 Å². The second-order valence-electron chi connectivity index (χ2n) is 6.57. The predicted molar refractivity (Wildman–Crippen MR) is 119 cm³/mol. The van der Waals surface area contributed by atoms with Gasteiger partial charge in [0.05, 0.1) is 12.0 Å². The summed E-state index contributed by atoms with van der Waals surface area (Å²) < 4.78 is 37.7. The number of carbonyl (C=O) groups excluding carboxylic acids is 1. The summed E-state index contributed by atoms with van der Waals surface area (Å²) in [6, 6.07) is 23.3. The fraction of sp³-hybridized carbons (Fsp3) is 0.174. The minimum Gasteiger partial charge on any atom is -0.497 e. The van der Waals surface area contributed by atoms with Crippen molar-refractivity contribution < 1.29 is 22.7 Å². The summed E-state index contributed by atoms with van der Waals surface area (Å²) in [6.07, 6.45) is 0. The van der Waals surface area contributed by atoms with Crippen molar-refractivity contribution in [3.63, 3.8) is 0 Å². The molecule has 0 radical (unpaired) electrons. The van der Waals surface area contributed by atoms with Crippen LogP contribution in [0.5, 0.6) is 11.5 Å². The first-order valence-corrected chi connectivity index (χ1v) is 11.2. The van der Waals surface area contributed by atoms with E-state index in [1.165, 1.54) is 19.2 Å². The van der Waals surface area contributed by atoms with Gasteiger partial charge in [-0.05, 0) is 35.9 Å². The Kier molecular flexibility index (Phi) is 7.64. The van der Waals surface area contributed by atoms with Gasteiger partial charge in [-0.25, -0.2) is 13.1 Å². The zero-order valence-corrected chi connectivity index (χ0v) is 17.9. The molecule has 0 aliphatic rings. The van der Waals surface area contributed by atoms with Crippen molar-refractivity contribution in [3.8, 4) is 22.6 Å². The van der Waals surface area contributed by atoms with Gasteiger partial charge >= 0.3 is 0 Å². The molecule has 0 aromatic heterocycles. The maximum atomic E-state index is 12.3. The second-order valence-corrected chi connectivity index (χ2v) is 8.34. The molecule has 0 saturated carbocycles. The van der Waals surface area contributed by atoms with Gasteiger partial charge in [-0.2, -0.15) is 0 Å². The predicted octanol–water partition coefficient (Wildman–Crippen LogP) is 2.84. The van der Waals surface area contributed by atoms with Gasteiger partial charge in [0.25, 0.3) is 5.91 Å². The van der Waals surface area contributed by atoms with Crippen molar-refractivity contribution in [2.45, 2.75) is 4.90 Å². The number of amides is 1. The molecule has 8 heteroatoms. The maximum Gasteiger partial charge on any atom is 0.257 e. The highest BCUT2D eigenvalue weighted by atomic mass is 32.2. The molecular formula is C23H24N2O5S. The molecule has 0 saturated heterocycles. The van der Waals surface area contributed by atoms with Gasteiger partial charge in [0.2, 0.25) is 10.0 Å². The zero-order chi connectivity index (χ0) is 22.1. The highest BCUT2D eigenvalue weighted by molar-refractivity contribution is 7.89. The fourth-order valence-electron chi connectivity index (χ4n) is 2.87. The summed E-state index contributed by atoms with van der Waals surface area (Å²) in [5, 5.41) is 2.64. The molecule has 3 aromatic carbocycles. The van der Waals surface area contributed by atoms with Gasteiger partial charge in [-0.15, -0.1) is 0 Å². The number of hydrogen-bond acceptors (Lipinski definition) is 5. The van der Waals surface area contributed by atoms with Crippen LogP contribution in [0, 0.1) is 0 Å². The number of carbonyl (C=O) groups is 1. The van der Waals surface area contributed by atoms with Gasteiger partial charge < -0.3 is 14.8 Å². The molecule has 31 heavy (non-hydrogen) atoms. The van der Waals surface area contributed by atoms with Gasteiger partial charge in [0.15, 0.2) is 6.61 Å². The van der Waals surface area contributed by atoms with Crippen LogP contribution >= 0.6 is 0 Å². The molecule has 3 rings (SSSR count). The quantitative estimate of drug-likeness (QED) is 0.473. The molecule has 1 amide bonds. The molecule has 2 N–H and O–H groups in total. The van der Waals surface area contributed by atoms with E-state index >= 15 is 0 Å². The molecule has 3 aromatic rings. The molecule has 0 spiro atoms. The van der Waals surface area contributed by atoms with Gasteiger partial charge in [0.1, 0.15) is 11.5 Å². The summed E-state index contributed by atoms with van der Waals surface area (Å²) >= 11 is 0. The lowest BCUT2D eigenvalue weighted by Crippen LogP contribution is -2.36. The Morgan fingerprint density at radius 1 is 0.871 bits per heavy atom. The highest BCUT2D eigenvalue weighted by Gasteiger charge is 2.13. The SMILES string of the molecule is COc1ccc(S(=O)(=O)NCCNC(=O)COc2ccccc2-c2ccccc2)cc1. The molecule has 0 heterocycles. The summed E-state index contributed by atoms with van der Waals surface area (Å²) in [5.74, 6) is 0.829. The first-order chi connectivity index (χ1) is 15.0. The average Bonchev–Trinajstić information content (AvgIpc) is 2.81. The summed E-state index contributed by atoms with van der Waals surface area (Å²) in [4.78, 5) is 12.2. The number of rotatable bonds is 10. The third-order valence-corrected chi connectivity index (χ3v) is 5.92. The summed E-state index contributed by atoms with van der Waals surface area (Å²) in [7, 11) is -2.15. The largest absolute Gasteiger partial charge is 0.497 e. The number of ether oxygens (including phenoxy) is 2. The van der Waals surface area contributed by atoms with Crippen LogP contribution in [0.3, 0.4) is 0 Å². The highest BCUT2D eigenvalue weighted by Crippen LogP contribution is 2.29. The first kappa shape index (κ1) is 22.3. The molecule has 0 bridgehead atoms. The first-order valence-electron chi connectivity index (χ1n) is 9.67. The molecule has 0 aliphatic heterocycles. The molecule has 0 aliphatic carbocycles. The van der Waals surface area contributed by atoms with E-state index in [2.05, 4.69) is 10.0 Å². The van der Waals surface area contributed by atoms with Crippen LogP contribution < -0.4 is 19.5 Å². The monoisotopic (exact) mass is 440 g/mol. The van der Waals surface area contributed by atoms with Gasteiger partial charge in [-0.1, -0.05) is 48.5 Å².